The topological polar surface area (TPSA) is 29.3 Å². The Bertz CT molecular complexity index is 553. The highest BCUT2D eigenvalue weighted by Crippen LogP contribution is 2.22. The lowest BCUT2D eigenvalue weighted by Gasteiger charge is -2.21. The largest absolute Gasteiger partial charge is 0.399 e. The second-order valence-corrected chi connectivity index (χ2v) is 6.01. The Labute approximate surface area is 123 Å². The number of rotatable bonds is 3. The molecule has 0 spiro atoms. The van der Waals surface area contributed by atoms with Crippen LogP contribution in [-0.2, 0) is 6.54 Å². The molecule has 2 aromatic carbocycles. The molecule has 0 atom stereocenters. The highest BCUT2D eigenvalue weighted by atomic mass is 79.9. The molecule has 3 heteroatoms. The molecular formula is C16H19BrN2. The molecule has 2 nitrogen and oxygen atoms in total. The van der Waals surface area contributed by atoms with Gasteiger partial charge in [0.2, 0.25) is 0 Å². The fraction of sp³-hybridized carbons (Fsp3) is 0.250. The third-order valence-electron chi connectivity index (χ3n) is 3.05. The predicted molar refractivity (Wildman–Crippen MR) is 86.6 cm³/mol. The van der Waals surface area contributed by atoms with Crippen molar-refractivity contribution in [3.8, 4) is 0 Å². The van der Waals surface area contributed by atoms with E-state index in [0.29, 0.717) is 0 Å². The smallest absolute Gasteiger partial charge is 0.0427 e. The summed E-state index contributed by atoms with van der Waals surface area (Å²) in [5.41, 5.74) is 11.7. The lowest BCUT2D eigenvalue weighted by atomic mass is 10.1. The first-order valence-corrected chi connectivity index (χ1v) is 7.08. The lowest BCUT2D eigenvalue weighted by molar-refractivity contribution is 0.920. The van der Waals surface area contributed by atoms with Crippen LogP contribution in [0.3, 0.4) is 0 Å². The molecule has 19 heavy (non-hydrogen) atoms. The van der Waals surface area contributed by atoms with Crippen LogP contribution in [0, 0.1) is 13.8 Å². The number of halogens is 1. The molecule has 0 aliphatic heterocycles. The summed E-state index contributed by atoms with van der Waals surface area (Å²) in [5.74, 6) is 0. The molecule has 0 aromatic heterocycles. The normalized spacial score (nSPS) is 10.5. The second kappa shape index (κ2) is 5.66. The van der Waals surface area contributed by atoms with Gasteiger partial charge in [-0.25, -0.2) is 0 Å². The van der Waals surface area contributed by atoms with Crippen molar-refractivity contribution < 1.29 is 0 Å². The van der Waals surface area contributed by atoms with Crippen molar-refractivity contribution in [1.82, 2.24) is 0 Å². The van der Waals surface area contributed by atoms with Crippen LogP contribution in [0.25, 0.3) is 0 Å². The molecule has 2 aromatic rings. The van der Waals surface area contributed by atoms with Gasteiger partial charge in [0.15, 0.2) is 0 Å². The molecule has 0 bridgehead atoms. The second-order valence-electron chi connectivity index (χ2n) is 5.09. The first-order chi connectivity index (χ1) is 8.94. The van der Waals surface area contributed by atoms with E-state index in [2.05, 4.69) is 66.0 Å². The van der Waals surface area contributed by atoms with Crippen LogP contribution < -0.4 is 10.6 Å². The SMILES string of the molecule is Cc1cc(C)cc(N(C)Cc2cc(N)cc(Br)c2)c1. The minimum Gasteiger partial charge on any atom is -0.399 e. The van der Waals surface area contributed by atoms with Gasteiger partial charge in [0.25, 0.3) is 0 Å². The van der Waals surface area contributed by atoms with Crippen molar-refractivity contribution in [3.63, 3.8) is 0 Å². The standard InChI is InChI=1S/C16H19BrN2/c1-11-4-12(2)6-16(5-11)19(3)10-13-7-14(17)9-15(18)8-13/h4-9H,10,18H2,1-3H3. The Morgan fingerprint density at radius 2 is 1.63 bits per heavy atom. The van der Waals surface area contributed by atoms with Crippen molar-refractivity contribution in [2.24, 2.45) is 0 Å². The van der Waals surface area contributed by atoms with Crippen LogP contribution in [0.4, 0.5) is 11.4 Å². The van der Waals surface area contributed by atoms with Gasteiger partial charge in [-0.3, -0.25) is 0 Å². The van der Waals surface area contributed by atoms with E-state index < -0.39 is 0 Å². The van der Waals surface area contributed by atoms with Crippen molar-refractivity contribution in [1.29, 1.82) is 0 Å². The Balaban J connectivity index is 2.22. The maximum atomic E-state index is 5.87. The van der Waals surface area contributed by atoms with Crippen LogP contribution in [0.2, 0.25) is 0 Å². The molecule has 0 heterocycles. The third kappa shape index (κ3) is 3.74. The molecule has 0 amide bonds. The highest BCUT2D eigenvalue weighted by molar-refractivity contribution is 9.10. The summed E-state index contributed by atoms with van der Waals surface area (Å²) in [6.45, 7) is 5.09. The van der Waals surface area contributed by atoms with Gasteiger partial charge in [-0.05, 0) is 60.9 Å². The van der Waals surface area contributed by atoms with Crippen LogP contribution in [-0.4, -0.2) is 7.05 Å². The van der Waals surface area contributed by atoms with Crippen LogP contribution in [0.15, 0.2) is 40.9 Å². The average Bonchev–Trinajstić information content (AvgIpc) is 2.25. The van der Waals surface area contributed by atoms with Gasteiger partial charge >= 0.3 is 0 Å². The first-order valence-electron chi connectivity index (χ1n) is 6.28. The molecule has 0 saturated heterocycles. The van der Waals surface area contributed by atoms with Crippen LogP contribution in [0.5, 0.6) is 0 Å². The fourth-order valence-corrected chi connectivity index (χ4v) is 2.86. The Kier molecular flexibility index (Phi) is 4.15. The maximum Gasteiger partial charge on any atom is 0.0427 e. The van der Waals surface area contributed by atoms with Gasteiger partial charge in [0, 0.05) is 29.4 Å². The zero-order valence-corrected chi connectivity index (χ0v) is 13.2. The zero-order valence-electron chi connectivity index (χ0n) is 11.6. The summed E-state index contributed by atoms with van der Waals surface area (Å²) in [6.07, 6.45) is 0. The van der Waals surface area contributed by atoms with Crippen molar-refractivity contribution in [2.75, 3.05) is 17.7 Å². The first kappa shape index (κ1) is 13.9. The van der Waals surface area contributed by atoms with E-state index in [1.165, 1.54) is 22.4 Å². The number of benzene rings is 2. The van der Waals surface area contributed by atoms with Gasteiger partial charge in [0.05, 0.1) is 0 Å². The average molecular weight is 319 g/mol. The van der Waals surface area contributed by atoms with Gasteiger partial charge in [-0.15, -0.1) is 0 Å². The van der Waals surface area contributed by atoms with Crippen molar-refractivity contribution in [2.45, 2.75) is 20.4 Å². The molecule has 100 valence electrons. The number of hydrogen-bond donors (Lipinski definition) is 1. The number of nitrogen functional groups attached to an aromatic ring is 1. The minimum absolute atomic E-state index is 0.790. The van der Waals surface area contributed by atoms with E-state index in [0.717, 1.165) is 16.7 Å². The van der Waals surface area contributed by atoms with Gasteiger partial charge in [-0.2, -0.15) is 0 Å². The van der Waals surface area contributed by atoms with E-state index in [1.807, 2.05) is 12.1 Å². The summed E-state index contributed by atoms with van der Waals surface area (Å²) in [7, 11) is 2.10. The zero-order chi connectivity index (χ0) is 14.0. The Hall–Kier alpha value is -1.48. The van der Waals surface area contributed by atoms with Crippen LogP contribution >= 0.6 is 15.9 Å². The quantitative estimate of drug-likeness (QED) is 0.856. The lowest BCUT2D eigenvalue weighted by Crippen LogP contribution is -2.16. The summed E-state index contributed by atoms with van der Waals surface area (Å²) >= 11 is 3.48. The molecular weight excluding hydrogens is 300 g/mol. The molecule has 0 saturated carbocycles. The predicted octanol–water partition coefficient (Wildman–Crippen LogP) is 4.28. The van der Waals surface area contributed by atoms with Crippen LogP contribution in [0.1, 0.15) is 16.7 Å². The molecule has 2 rings (SSSR count). The third-order valence-corrected chi connectivity index (χ3v) is 3.50. The number of aryl methyl sites for hydroxylation is 2. The molecule has 2 N–H and O–H groups in total. The summed E-state index contributed by atoms with van der Waals surface area (Å²) in [6, 6.07) is 12.6. The Morgan fingerprint density at radius 3 is 2.21 bits per heavy atom. The summed E-state index contributed by atoms with van der Waals surface area (Å²) < 4.78 is 1.02. The van der Waals surface area contributed by atoms with Gasteiger partial charge < -0.3 is 10.6 Å². The molecule has 0 aliphatic carbocycles. The van der Waals surface area contributed by atoms with E-state index in [-0.39, 0.29) is 0 Å². The number of nitrogens with two attached hydrogens (primary N) is 1. The fourth-order valence-electron chi connectivity index (χ4n) is 2.30. The van der Waals surface area contributed by atoms with Gasteiger partial charge in [0.1, 0.15) is 0 Å². The van der Waals surface area contributed by atoms with Crippen molar-refractivity contribution >= 4 is 27.3 Å². The van der Waals surface area contributed by atoms with E-state index in [9.17, 15) is 0 Å². The molecule has 0 radical (unpaired) electrons. The molecule has 0 aliphatic rings. The maximum absolute atomic E-state index is 5.87. The van der Waals surface area contributed by atoms with E-state index >= 15 is 0 Å². The summed E-state index contributed by atoms with van der Waals surface area (Å²) in [5, 5.41) is 0. The number of nitrogens with zero attached hydrogens (tertiary/aromatic N) is 1. The highest BCUT2D eigenvalue weighted by Gasteiger charge is 2.05. The molecule has 0 fully saturated rings. The minimum atomic E-state index is 0.790. The van der Waals surface area contributed by atoms with Crippen molar-refractivity contribution in [3.05, 3.63) is 57.6 Å². The van der Waals surface area contributed by atoms with Gasteiger partial charge in [-0.1, -0.05) is 22.0 Å². The van der Waals surface area contributed by atoms with E-state index in [1.54, 1.807) is 0 Å². The number of anilines is 2. The van der Waals surface area contributed by atoms with E-state index in [4.69, 9.17) is 5.73 Å². The summed E-state index contributed by atoms with van der Waals surface area (Å²) in [4.78, 5) is 2.24. The monoisotopic (exact) mass is 318 g/mol. The Morgan fingerprint density at radius 1 is 1.00 bits per heavy atom. The number of hydrogen-bond acceptors (Lipinski definition) is 2. The molecule has 0 unspecified atom stereocenters.